The predicted octanol–water partition coefficient (Wildman–Crippen LogP) is 4.38. The Hall–Kier alpha value is -0.420. The maximum Gasteiger partial charge on any atom is 0.372 e. The molecule has 0 aliphatic carbocycles. The van der Waals surface area contributed by atoms with E-state index in [0.29, 0.717) is 0 Å². The Labute approximate surface area is 165 Å². The number of hydrogen-bond acceptors (Lipinski definition) is 6. The fourth-order valence-corrected chi connectivity index (χ4v) is 3.22. The second kappa shape index (κ2) is 15.5. The van der Waals surface area contributed by atoms with Gasteiger partial charge in [-0.05, 0) is 66.2 Å². The van der Waals surface area contributed by atoms with Crippen LogP contribution in [0, 0.1) is 0 Å². The summed E-state index contributed by atoms with van der Waals surface area (Å²) in [6, 6.07) is 0. The Kier molecular flexibility index (Phi) is 15.3. The molecule has 0 aromatic carbocycles. The lowest BCUT2D eigenvalue weighted by Gasteiger charge is -2.25. The van der Waals surface area contributed by atoms with E-state index in [0.717, 1.165) is 44.1 Å². The van der Waals surface area contributed by atoms with E-state index in [2.05, 4.69) is 49.4 Å². The van der Waals surface area contributed by atoms with E-state index in [-0.39, 0.29) is 6.61 Å². The maximum absolute atomic E-state index is 10.4. The van der Waals surface area contributed by atoms with Gasteiger partial charge in [0.25, 0.3) is 0 Å². The molecule has 0 heterocycles. The quantitative estimate of drug-likeness (QED) is 0.246. The minimum absolute atomic E-state index is 0.0221. The zero-order chi connectivity index (χ0) is 20.7. The van der Waals surface area contributed by atoms with Crippen molar-refractivity contribution >= 4 is 16.8 Å². The van der Waals surface area contributed by atoms with Crippen LogP contribution < -0.4 is 9.79 Å². The van der Waals surface area contributed by atoms with Gasteiger partial charge in [0.2, 0.25) is 8.17 Å². The van der Waals surface area contributed by atoms with E-state index >= 15 is 0 Å². The van der Waals surface area contributed by atoms with Gasteiger partial charge in [-0.1, -0.05) is 47.1 Å². The highest BCUT2D eigenvalue weighted by atomic mass is 31.3. The first-order valence-electron chi connectivity index (χ1n) is 9.05. The molecule has 1 atom stereocenters. The molecular formula is C19H33O6P2-. The molecule has 0 bridgehead atoms. The molecule has 156 valence electrons. The van der Waals surface area contributed by atoms with Crippen LogP contribution in [0.1, 0.15) is 66.2 Å². The molecule has 1 unspecified atom stereocenters. The van der Waals surface area contributed by atoms with Gasteiger partial charge < -0.3 is 19.2 Å². The van der Waals surface area contributed by atoms with Crippen LogP contribution in [-0.4, -0.2) is 16.4 Å². The third-order valence-corrected chi connectivity index (χ3v) is 5.33. The number of phosphoric acid groups is 1. The summed E-state index contributed by atoms with van der Waals surface area (Å²) in [4.78, 5) is 38.4. The van der Waals surface area contributed by atoms with Crippen LogP contribution in [0.15, 0.2) is 47.1 Å². The van der Waals surface area contributed by atoms with Gasteiger partial charge in [0.15, 0.2) is 0 Å². The average Bonchev–Trinajstić information content (AvgIpc) is 2.52. The Morgan fingerprint density at radius 1 is 0.889 bits per heavy atom. The molecule has 0 saturated heterocycles. The number of unbranched alkanes of at least 4 members (excludes halogenated alkanes) is 1. The smallest absolute Gasteiger partial charge is 0.372 e. The third kappa shape index (κ3) is 20.1. The van der Waals surface area contributed by atoms with Crippen molar-refractivity contribution in [1.82, 2.24) is 0 Å². The highest BCUT2D eigenvalue weighted by Crippen LogP contribution is 2.51. The van der Waals surface area contributed by atoms with Crippen LogP contribution >= 0.6 is 16.8 Å². The van der Waals surface area contributed by atoms with Gasteiger partial charge in [-0.3, -0.25) is 0 Å². The van der Waals surface area contributed by atoms with E-state index in [4.69, 9.17) is 14.3 Å². The topological polar surface area (TPSA) is 105 Å². The second-order valence-corrected chi connectivity index (χ2v) is 8.92. The van der Waals surface area contributed by atoms with Crippen molar-refractivity contribution in [1.29, 1.82) is 0 Å². The van der Waals surface area contributed by atoms with Gasteiger partial charge in [0.1, 0.15) is 0 Å². The van der Waals surface area contributed by atoms with Gasteiger partial charge >= 0.3 is 8.60 Å². The van der Waals surface area contributed by atoms with Gasteiger partial charge in [-0.25, -0.2) is 4.89 Å². The van der Waals surface area contributed by atoms with E-state index in [1.54, 1.807) is 6.08 Å². The Bertz CT molecular complexity index is 517. The highest BCUT2D eigenvalue weighted by Gasteiger charge is 2.19. The molecule has 0 saturated carbocycles. The van der Waals surface area contributed by atoms with Crippen molar-refractivity contribution in [2.75, 3.05) is 6.61 Å². The lowest BCUT2D eigenvalue weighted by atomic mass is 10.1. The van der Waals surface area contributed by atoms with Gasteiger partial charge in [-0.15, -0.1) is 4.31 Å². The van der Waals surface area contributed by atoms with Gasteiger partial charge in [0.05, 0.1) is 6.61 Å². The zero-order valence-electron chi connectivity index (χ0n) is 16.8. The minimum Gasteiger partial charge on any atom is -0.634 e. The van der Waals surface area contributed by atoms with Gasteiger partial charge in [0, 0.05) is 0 Å². The second-order valence-electron chi connectivity index (χ2n) is 6.59. The normalized spacial score (nSPS) is 14.7. The molecule has 2 N–H and O–H groups in total. The van der Waals surface area contributed by atoms with Gasteiger partial charge in [-0.2, -0.15) is 0 Å². The van der Waals surface area contributed by atoms with Crippen molar-refractivity contribution in [3.63, 3.8) is 0 Å². The van der Waals surface area contributed by atoms with Crippen molar-refractivity contribution in [2.45, 2.75) is 66.2 Å². The first kappa shape index (κ1) is 26.6. The Morgan fingerprint density at radius 2 is 1.48 bits per heavy atom. The lowest BCUT2D eigenvalue weighted by molar-refractivity contribution is -0.353. The first-order valence-corrected chi connectivity index (χ1v) is 11.7. The molecule has 6 nitrogen and oxygen atoms in total. The van der Waals surface area contributed by atoms with Crippen molar-refractivity contribution in [3.05, 3.63) is 47.1 Å². The summed E-state index contributed by atoms with van der Waals surface area (Å²) in [7, 11) is -7.60. The molecule has 0 aliphatic heterocycles. The molecule has 0 aromatic rings. The summed E-state index contributed by atoms with van der Waals surface area (Å²) in [6.07, 6.45) is 16.7. The molecule has 8 heteroatoms. The minimum atomic E-state index is -4.97. The van der Waals surface area contributed by atoms with Crippen LogP contribution in [0.5, 0.6) is 0 Å². The Balaban J connectivity index is 3.91. The molecule has 0 spiro atoms. The largest absolute Gasteiger partial charge is 0.634 e. The fraction of sp³-hybridized carbons (Fsp3) is 0.579. The van der Waals surface area contributed by atoms with E-state index in [9.17, 15) is 9.79 Å². The molecular weight excluding hydrogens is 386 g/mol. The first-order chi connectivity index (χ1) is 12.6. The summed E-state index contributed by atoms with van der Waals surface area (Å²) in [5.41, 5.74) is 3.78. The summed E-state index contributed by atoms with van der Waals surface area (Å²) >= 11 is 0. The monoisotopic (exact) mass is 419 g/mol. The molecule has 0 fully saturated rings. The van der Waals surface area contributed by atoms with Crippen LogP contribution in [0.2, 0.25) is 0 Å². The van der Waals surface area contributed by atoms with Crippen molar-refractivity contribution in [2.24, 2.45) is 0 Å². The number of hydrogen-bond donors (Lipinski definition) is 2. The average molecular weight is 419 g/mol. The van der Waals surface area contributed by atoms with E-state index in [1.165, 1.54) is 11.1 Å². The van der Waals surface area contributed by atoms with E-state index in [1.807, 2.05) is 6.92 Å². The highest BCUT2D eigenvalue weighted by molar-refractivity contribution is 7.60. The SMILES string of the molecule is CC(C)=CCC/C=C/CC/C(C)=C/CC/C(C)=C/COP(O)O[P+]([O-])([O-])O. The summed E-state index contributed by atoms with van der Waals surface area (Å²) in [6.45, 7) is 8.32. The molecule has 0 rings (SSSR count). The van der Waals surface area contributed by atoms with Crippen LogP contribution in [0.3, 0.4) is 0 Å². The Morgan fingerprint density at radius 3 is 2.11 bits per heavy atom. The number of rotatable bonds is 14. The standard InChI is InChI=1S/C19H34O6P2/c1-17(2)11-8-6-5-7-9-12-18(3)13-10-14-19(4)15-16-24-26(20)25-27(21,22)23/h5,7,11,13,15,20H,6,8-10,12,14,16H2,1-4H3,(H2,21,22,23)/p-1/b7-5+,18-13+,19-15+. The zero-order valence-corrected chi connectivity index (χ0v) is 18.5. The van der Waals surface area contributed by atoms with Crippen LogP contribution in [-0.2, 0) is 8.83 Å². The van der Waals surface area contributed by atoms with Crippen molar-refractivity contribution in [3.8, 4) is 0 Å². The molecule has 0 amide bonds. The summed E-state index contributed by atoms with van der Waals surface area (Å²) < 4.78 is 8.70. The molecule has 0 radical (unpaired) electrons. The van der Waals surface area contributed by atoms with E-state index < -0.39 is 16.8 Å². The molecule has 27 heavy (non-hydrogen) atoms. The fourth-order valence-electron chi connectivity index (χ4n) is 2.12. The third-order valence-electron chi connectivity index (χ3n) is 3.58. The van der Waals surface area contributed by atoms with Crippen molar-refractivity contribution < 1.29 is 28.4 Å². The molecule has 0 aromatic heterocycles. The maximum atomic E-state index is 10.4. The van der Waals surface area contributed by atoms with Crippen LogP contribution in [0.4, 0.5) is 0 Å². The summed E-state index contributed by atoms with van der Waals surface area (Å²) in [5, 5.41) is 0. The summed E-state index contributed by atoms with van der Waals surface area (Å²) in [5.74, 6) is 0. The van der Waals surface area contributed by atoms with Crippen LogP contribution in [0.25, 0.3) is 0 Å². The molecule has 0 aliphatic rings. The number of allylic oxidation sites excluding steroid dienone is 7. The predicted molar refractivity (Wildman–Crippen MR) is 109 cm³/mol. The lowest BCUT2D eigenvalue weighted by Crippen LogP contribution is -2.22.